The van der Waals surface area contributed by atoms with Crippen LogP contribution < -0.4 is 18.7 Å². The second kappa shape index (κ2) is 8.33. The molecule has 3 aromatic rings. The predicted octanol–water partition coefficient (Wildman–Crippen LogP) is 4.83. The number of urea groups is 1. The zero-order chi connectivity index (χ0) is 23.0. The monoisotopic (exact) mass is 476 g/mol. The summed E-state index contributed by atoms with van der Waals surface area (Å²) >= 11 is 6.17. The van der Waals surface area contributed by atoms with Crippen LogP contribution in [-0.2, 0) is 16.6 Å². The first-order valence-corrected chi connectivity index (χ1v) is 11.2. The molecule has 1 heterocycles. The van der Waals surface area contributed by atoms with E-state index in [1.54, 1.807) is 18.2 Å². The van der Waals surface area contributed by atoms with Gasteiger partial charge in [0.25, 0.3) is 10.0 Å². The van der Waals surface area contributed by atoms with E-state index in [0.717, 1.165) is 6.07 Å². The van der Waals surface area contributed by atoms with Crippen LogP contribution in [0, 0.1) is 5.82 Å². The third kappa shape index (κ3) is 3.74. The van der Waals surface area contributed by atoms with Crippen LogP contribution in [-0.4, -0.2) is 28.7 Å². The van der Waals surface area contributed by atoms with Crippen molar-refractivity contribution >= 4 is 39.0 Å². The molecule has 0 aliphatic carbocycles. The van der Waals surface area contributed by atoms with Crippen LogP contribution >= 0.6 is 11.6 Å². The Morgan fingerprint density at radius 3 is 2.25 bits per heavy atom. The third-order valence-corrected chi connectivity index (χ3v) is 7.09. The minimum absolute atomic E-state index is 0.0518. The summed E-state index contributed by atoms with van der Waals surface area (Å²) < 4.78 is 51.5. The molecule has 0 spiro atoms. The molecule has 0 N–H and O–H groups in total. The molecule has 0 saturated heterocycles. The first-order chi connectivity index (χ1) is 15.3. The summed E-state index contributed by atoms with van der Waals surface area (Å²) in [5.41, 5.74) is 0.707. The third-order valence-electron chi connectivity index (χ3n) is 4.99. The van der Waals surface area contributed by atoms with Gasteiger partial charge in [0, 0.05) is 23.2 Å². The fraction of sp³-hybridized carbons (Fsp3) is 0.136. The van der Waals surface area contributed by atoms with Gasteiger partial charge in [-0.2, -0.15) is 4.31 Å². The van der Waals surface area contributed by atoms with Crippen molar-refractivity contribution in [3.05, 3.63) is 77.1 Å². The number of benzene rings is 3. The quantitative estimate of drug-likeness (QED) is 0.527. The van der Waals surface area contributed by atoms with E-state index in [-0.39, 0.29) is 27.8 Å². The summed E-state index contributed by atoms with van der Waals surface area (Å²) in [7, 11) is -1.40. The average molecular weight is 477 g/mol. The maximum atomic E-state index is 13.6. The SMILES string of the molecule is COc1cc(OC)cc(N2C(=O)N(Cc3ccc(F)cc3Cl)c3ccccc3S2(=O)=O)c1. The van der Waals surface area contributed by atoms with Crippen LogP contribution in [0.2, 0.25) is 5.02 Å². The molecule has 0 aromatic heterocycles. The molecule has 4 rings (SSSR count). The highest BCUT2D eigenvalue weighted by atomic mass is 35.5. The highest BCUT2D eigenvalue weighted by molar-refractivity contribution is 7.94. The zero-order valence-corrected chi connectivity index (χ0v) is 18.7. The maximum absolute atomic E-state index is 13.6. The minimum Gasteiger partial charge on any atom is -0.497 e. The van der Waals surface area contributed by atoms with Crippen LogP contribution in [0.15, 0.2) is 65.6 Å². The molecule has 166 valence electrons. The number of para-hydroxylation sites is 1. The summed E-state index contributed by atoms with van der Waals surface area (Å²) in [6.07, 6.45) is 0. The second-order valence-corrected chi connectivity index (χ2v) is 9.07. The van der Waals surface area contributed by atoms with Crippen LogP contribution in [0.1, 0.15) is 5.56 Å². The van der Waals surface area contributed by atoms with Gasteiger partial charge >= 0.3 is 6.03 Å². The highest BCUT2D eigenvalue weighted by Gasteiger charge is 2.43. The first-order valence-electron chi connectivity index (χ1n) is 9.39. The zero-order valence-electron chi connectivity index (χ0n) is 17.1. The van der Waals surface area contributed by atoms with Gasteiger partial charge in [0.05, 0.1) is 32.1 Å². The Morgan fingerprint density at radius 2 is 1.62 bits per heavy atom. The van der Waals surface area contributed by atoms with Crippen molar-refractivity contribution in [2.24, 2.45) is 0 Å². The molecule has 0 radical (unpaired) electrons. The van der Waals surface area contributed by atoms with Crippen LogP contribution in [0.25, 0.3) is 0 Å². The lowest BCUT2D eigenvalue weighted by atomic mass is 10.2. The molecular formula is C22H18ClFN2O5S. The van der Waals surface area contributed by atoms with E-state index in [2.05, 4.69) is 0 Å². The number of halogens is 2. The van der Waals surface area contributed by atoms with Crippen molar-refractivity contribution in [2.45, 2.75) is 11.4 Å². The number of hydrogen-bond donors (Lipinski definition) is 0. The summed E-state index contributed by atoms with van der Waals surface area (Å²) in [4.78, 5) is 14.8. The average Bonchev–Trinajstić information content (AvgIpc) is 2.77. The predicted molar refractivity (Wildman–Crippen MR) is 119 cm³/mol. The highest BCUT2D eigenvalue weighted by Crippen LogP contribution is 2.40. The van der Waals surface area contributed by atoms with Gasteiger partial charge in [0.2, 0.25) is 0 Å². The van der Waals surface area contributed by atoms with E-state index in [4.69, 9.17) is 21.1 Å². The number of amides is 2. The van der Waals surface area contributed by atoms with Crippen molar-refractivity contribution < 1.29 is 27.1 Å². The molecule has 0 bridgehead atoms. The molecular weight excluding hydrogens is 459 g/mol. The molecule has 0 saturated carbocycles. The number of fused-ring (bicyclic) bond motifs is 1. The van der Waals surface area contributed by atoms with Gasteiger partial charge in [-0.15, -0.1) is 0 Å². The van der Waals surface area contributed by atoms with Gasteiger partial charge < -0.3 is 9.47 Å². The maximum Gasteiger partial charge on any atom is 0.343 e. The Hall–Kier alpha value is -3.30. The molecule has 32 heavy (non-hydrogen) atoms. The molecule has 0 unspecified atom stereocenters. The van der Waals surface area contributed by atoms with Crippen molar-refractivity contribution in [1.29, 1.82) is 0 Å². The number of carbonyl (C=O) groups is 1. The fourth-order valence-corrected chi connectivity index (χ4v) is 5.25. The van der Waals surface area contributed by atoms with Crippen molar-refractivity contribution in [3.8, 4) is 11.5 Å². The summed E-state index contributed by atoms with van der Waals surface area (Å²) in [6.45, 7) is -0.0674. The van der Waals surface area contributed by atoms with Crippen LogP contribution in [0.3, 0.4) is 0 Å². The molecule has 3 aromatic carbocycles. The lowest BCUT2D eigenvalue weighted by Gasteiger charge is -2.36. The van der Waals surface area contributed by atoms with E-state index < -0.39 is 21.9 Å². The van der Waals surface area contributed by atoms with Gasteiger partial charge in [0.1, 0.15) is 22.2 Å². The normalized spacial score (nSPS) is 14.8. The van der Waals surface area contributed by atoms with Gasteiger partial charge in [-0.1, -0.05) is 29.8 Å². The second-order valence-electron chi connectivity index (χ2n) is 6.91. The molecule has 7 nitrogen and oxygen atoms in total. The number of anilines is 2. The molecule has 10 heteroatoms. The number of hydrogen-bond acceptors (Lipinski definition) is 5. The lowest BCUT2D eigenvalue weighted by Crippen LogP contribution is -2.50. The summed E-state index contributed by atoms with van der Waals surface area (Å²) in [6, 6.07) is 13.6. The molecule has 1 aliphatic rings. The molecule has 0 fully saturated rings. The van der Waals surface area contributed by atoms with Gasteiger partial charge in [-0.05, 0) is 29.8 Å². The fourth-order valence-electron chi connectivity index (χ4n) is 3.44. The molecule has 0 atom stereocenters. The summed E-state index contributed by atoms with van der Waals surface area (Å²) in [5, 5.41) is 0.123. The van der Waals surface area contributed by atoms with Gasteiger partial charge in [-0.25, -0.2) is 17.6 Å². The van der Waals surface area contributed by atoms with E-state index in [1.165, 1.54) is 55.5 Å². The van der Waals surface area contributed by atoms with Crippen LogP contribution in [0.4, 0.5) is 20.6 Å². The number of nitrogens with zero attached hydrogens (tertiary/aromatic N) is 2. The number of rotatable bonds is 5. The molecule has 1 aliphatic heterocycles. The number of ether oxygens (including phenoxy) is 2. The first kappa shape index (κ1) is 21.9. The van der Waals surface area contributed by atoms with Gasteiger partial charge in [-0.3, -0.25) is 4.90 Å². The Labute approximate surface area is 189 Å². The van der Waals surface area contributed by atoms with E-state index in [1.807, 2.05) is 0 Å². The van der Waals surface area contributed by atoms with Crippen molar-refractivity contribution in [1.82, 2.24) is 0 Å². The van der Waals surface area contributed by atoms with E-state index in [9.17, 15) is 17.6 Å². The topological polar surface area (TPSA) is 76.2 Å². The lowest BCUT2D eigenvalue weighted by molar-refractivity contribution is 0.253. The number of sulfonamides is 1. The molecule has 2 amide bonds. The van der Waals surface area contributed by atoms with Crippen molar-refractivity contribution in [3.63, 3.8) is 0 Å². The standard InChI is InChI=1S/C22H18ClFN2O5S/c1-30-17-10-16(11-18(12-17)31-2)26-22(27)25(13-14-7-8-15(24)9-19(14)23)20-5-3-4-6-21(20)32(26,28)29/h3-12H,13H2,1-2H3. The van der Waals surface area contributed by atoms with Gasteiger partial charge in [0.15, 0.2) is 0 Å². The Balaban J connectivity index is 1.89. The Morgan fingerprint density at radius 1 is 0.969 bits per heavy atom. The van der Waals surface area contributed by atoms with E-state index in [0.29, 0.717) is 21.4 Å². The number of carbonyl (C=O) groups excluding carboxylic acids is 1. The van der Waals surface area contributed by atoms with E-state index >= 15 is 0 Å². The van der Waals surface area contributed by atoms with Crippen LogP contribution in [0.5, 0.6) is 11.5 Å². The smallest absolute Gasteiger partial charge is 0.343 e. The number of methoxy groups -OCH3 is 2. The largest absolute Gasteiger partial charge is 0.497 e. The minimum atomic E-state index is -4.24. The van der Waals surface area contributed by atoms with Crippen molar-refractivity contribution in [2.75, 3.05) is 23.4 Å². The Kier molecular flexibility index (Phi) is 5.70. The Bertz CT molecular complexity index is 1290. The summed E-state index contributed by atoms with van der Waals surface area (Å²) in [5.74, 6) is 0.112.